The van der Waals surface area contributed by atoms with Crippen LogP contribution in [0.5, 0.6) is 0 Å². The smallest absolute Gasteiger partial charge is 0.238 e. The summed E-state index contributed by atoms with van der Waals surface area (Å²) in [5, 5.41) is 11.7. The third-order valence-electron chi connectivity index (χ3n) is 2.99. The summed E-state index contributed by atoms with van der Waals surface area (Å²) in [6.45, 7) is 8.00. The Morgan fingerprint density at radius 1 is 1.62 bits per heavy atom. The highest BCUT2D eigenvalue weighted by Crippen LogP contribution is 2.17. The molecule has 0 aromatic carbocycles. The van der Waals surface area contributed by atoms with Gasteiger partial charge in [0.2, 0.25) is 5.91 Å². The van der Waals surface area contributed by atoms with E-state index in [1.54, 1.807) is 0 Å². The van der Waals surface area contributed by atoms with E-state index >= 15 is 0 Å². The lowest BCUT2D eigenvalue weighted by atomic mass is 10.1. The summed E-state index contributed by atoms with van der Waals surface area (Å²) in [7, 11) is 0. The number of carbonyl (C=O) groups is 1. The van der Waals surface area contributed by atoms with Crippen molar-refractivity contribution < 1.29 is 4.79 Å². The van der Waals surface area contributed by atoms with E-state index in [-0.39, 0.29) is 18.4 Å². The molecule has 1 heterocycles. The van der Waals surface area contributed by atoms with Gasteiger partial charge in [-0.3, -0.25) is 9.69 Å². The maximum absolute atomic E-state index is 11.8. The minimum absolute atomic E-state index is 0.00606. The highest BCUT2D eigenvalue weighted by atomic mass is 16.2. The molecule has 4 nitrogen and oxygen atoms in total. The Morgan fingerprint density at radius 2 is 2.31 bits per heavy atom. The summed E-state index contributed by atoms with van der Waals surface area (Å²) >= 11 is 0. The standard InChI is InChI=1S/C12H21N3O/c1-9(2)8-15-10(3)5-7-14-12(16)11(15)4-6-13/h9-11H,4-5,7-8H2,1-3H3,(H,14,16). The molecule has 1 aliphatic heterocycles. The Kier molecular flexibility index (Phi) is 4.75. The van der Waals surface area contributed by atoms with Crippen molar-refractivity contribution in [3.8, 4) is 6.07 Å². The Morgan fingerprint density at radius 3 is 2.88 bits per heavy atom. The monoisotopic (exact) mass is 223 g/mol. The molecule has 1 fully saturated rings. The van der Waals surface area contributed by atoms with Crippen LogP contribution in [0.4, 0.5) is 0 Å². The first-order valence-corrected chi connectivity index (χ1v) is 5.96. The minimum Gasteiger partial charge on any atom is -0.355 e. The van der Waals surface area contributed by atoms with E-state index in [9.17, 15) is 4.79 Å². The predicted molar refractivity (Wildman–Crippen MR) is 62.7 cm³/mol. The summed E-state index contributed by atoms with van der Waals surface area (Å²) in [4.78, 5) is 14.0. The fraction of sp³-hybridized carbons (Fsp3) is 0.833. The average molecular weight is 223 g/mol. The Labute approximate surface area is 97.6 Å². The first kappa shape index (κ1) is 13.0. The van der Waals surface area contributed by atoms with E-state index in [0.717, 1.165) is 19.5 Å². The maximum atomic E-state index is 11.8. The summed E-state index contributed by atoms with van der Waals surface area (Å²) < 4.78 is 0. The van der Waals surface area contributed by atoms with Gasteiger partial charge in [0.05, 0.1) is 12.5 Å². The molecule has 90 valence electrons. The number of nitrogens with zero attached hydrogens (tertiary/aromatic N) is 2. The van der Waals surface area contributed by atoms with Crippen LogP contribution in [0.15, 0.2) is 0 Å². The number of nitrogens with one attached hydrogen (secondary N) is 1. The van der Waals surface area contributed by atoms with Crippen molar-refractivity contribution >= 4 is 5.91 Å². The fourth-order valence-corrected chi connectivity index (χ4v) is 2.17. The summed E-state index contributed by atoms with van der Waals surface area (Å²) in [5.74, 6) is 0.515. The Bertz CT molecular complexity index is 282. The van der Waals surface area contributed by atoms with E-state index < -0.39 is 0 Å². The predicted octanol–water partition coefficient (Wildman–Crippen LogP) is 1.14. The third-order valence-corrected chi connectivity index (χ3v) is 2.99. The Hall–Kier alpha value is -1.08. The maximum Gasteiger partial charge on any atom is 0.238 e. The molecule has 0 aromatic rings. The van der Waals surface area contributed by atoms with Gasteiger partial charge in [0.1, 0.15) is 6.04 Å². The summed E-state index contributed by atoms with van der Waals surface area (Å²) in [6, 6.07) is 2.20. The van der Waals surface area contributed by atoms with Crippen LogP contribution >= 0.6 is 0 Å². The van der Waals surface area contributed by atoms with Gasteiger partial charge in [-0.15, -0.1) is 0 Å². The van der Waals surface area contributed by atoms with Crippen LogP contribution in [0, 0.1) is 17.2 Å². The van der Waals surface area contributed by atoms with Gasteiger partial charge in [-0.1, -0.05) is 13.8 Å². The van der Waals surface area contributed by atoms with Crippen LogP contribution in [0.3, 0.4) is 0 Å². The van der Waals surface area contributed by atoms with E-state index in [4.69, 9.17) is 5.26 Å². The van der Waals surface area contributed by atoms with Gasteiger partial charge in [-0.05, 0) is 19.3 Å². The van der Waals surface area contributed by atoms with Crippen LogP contribution in [-0.4, -0.2) is 36.0 Å². The molecule has 1 aliphatic rings. The van der Waals surface area contributed by atoms with Crippen LogP contribution < -0.4 is 5.32 Å². The second-order valence-electron chi connectivity index (χ2n) is 4.90. The highest BCUT2D eigenvalue weighted by Gasteiger charge is 2.31. The van der Waals surface area contributed by atoms with Crippen molar-refractivity contribution in [3.05, 3.63) is 0 Å². The minimum atomic E-state index is -0.273. The van der Waals surface area contributed by atoms with E-state index in [2.05, 4.69) is 37.1 Å². The molecule has 2 atom stereocenters. The van der Waals surface area contributed by atoms with Crippen molar-refractivity contribution in [2.75, 3.05) is 13.1 Å². The third kappa shape index (κ3) is 3.21. The zero-order valence-electron chi connectivity index (χ0n) is 10.4. The van der Waals surface area contributed by atoms with Gasteiger partial charge in [0, 0.05) is 19.1 Å². The van der Waals surface area contributed by atoms with Gasteiger partial charge in [-0.25, -0.2) is 0 Å². The topological polar surface area (TPSA) is 56.1 Å². The van der Waals surface area contributed by atoms with Gasteiger partial charge in [0.15, 0.2) is 0 Å². The second-order valence-corrected chi connectivity index (χ2v) is 4.90. The van der Waals surface area contributed by atoms with Crippen LogP contribution in [0.2, 0.25) is 0 Å². The second kappa shape index (κ2) is 5.86. The molecule has 4 heteroatoms. The van der Waals surface area contributed by atoms with Gasteiger partial charge < -0.3 is 5.32 Å². The van der Waals surface area contributed by atoms with Crippen LogP contribution in [0.25, 0.3) is 0 Å². The van der Waals surface area contributed by atoms with Gasteiger partial charge in [-0.2, -0.15) is 5.26 Å². The molecule has 16 heavy (non-hydrogen) atoms. The molecule has 0 aliphatic carbocycles. The van der Waals surface area contributed by atoms with Crippen molar-refractivity contribution in [3.63, 3.8) is 0 Å². The summed E-state index contributed by atoms with van der Waals surface area (Å²) in [6.07, 6.45) is 1.24. The van der Waals surface area contributed by atoms with Crippen molar-refractivity contribution in [1.29, 1.82) is 5.26 Å². The number of hydrogen-bond acceptors (Lipinski definition) is 3. The van der Waals surface area contributed by atoms with E-state index in [1.165, 1.54) is 0 Å². The molecule has 0 spiro atoms. The number of hydrogen-bond donors (Lipinski definition) is 1. The molecule has 1 rings (SSSR count). The molecule has 1 amide bonds. The normalized spacial score (nSPS) is 27.3. The number of amides is 1. The first-order valence-electron chi connectivity index (χ1n) is 5.96. The van der Waals surface area contributed by atoms with Gasteiger partial charge >= 0.3 is 0 Å². The molecule has 0 saturated carbocycles. The molecule has 0 aromatic heterocycles. The lowest BCUT2D eigenvalue weighted by Crippen LogP contribution is -2.48. The fourth-order valence-electron chi connectivity index (χ4n) is 2.17. The zero-order chi connectivity index (χ0) is 12.1. The van der Waals surface area contributed by atoms with E-state index in [0.29, 0.717) is 12.0 Å². The molecule has 0 radical (unpaired) electrons. The molecule has 2 unspecified atom stereocenters. The number of rotatable bonds is 3. The lowest BCUT2D eigenvalue weighted by Gasteiger charge is -2.33. The molecular formula is C12H21N3O. The van der Waals surface area contributed by atoms with Crippen LogP contribution in [-0.2, 0) is 4.79 Å². The number of nitriles is 1. The first-order chi connectivity index (χ1) is 7.56. The van der Waals surface area contributed by atoms with Crippen LogP contribution in [0.1, 0.15) is 33.6 Å². The van der Waals surface area contributed by atoms with E-state index in [1.807, 2.05) is 0 Å². The van der Waals surface area contributed by atoms with Crippen molar-refractivity contribution in [2.24, 2.45) is 5.92 Å². The lowest BCUT2D eigenvalue weighted by molar-refractivity contribution is -0.126. The molecule has 1 N–H and O–H groups in total. The van der Waals surface area contributed by atoms with Crippen molar-refractivity contribution in [2.45, 2.75) is 45.7 Å². The molecule has 1 saturated heterocycles. The molecule has 0 bridgehead atoms. The quantitative estimate of drug-likeness (QED) is 0.780. The van der Waals surface area contributed by atoms with Gasteiger partial charge in [0.25, 0.3) is 0 Å². The SMILES string of the molecule is CC(C)CN1C(C)CCNC(=O)C1CC#N. The number of carbonyl (C=O) groups excluding carboxylic acids is 1. The Balaban J connectivity index is 2.83. The summed E-state index contributed by atoms with van der Waals surface area (Å²) in [5.41, 5.74) is 0. The largest absolute Gasteiger partial charge is 0.355 e. The average Bonchev–Trinajstić information content (AvgIpc) is 2.32. The van der Waals surface area contributed by atoms with Crippen molar-refractivity contribution in [1.82, 2.24) is 10.2 Å². The molecular weight excluding hydrogens is 202 g/mol. The zero-order valence-corrected chi connectivity index (χ0v) is 10.4. The highest BCUT2D eigenvalue weighted by molar-refractivity contribution is 5.82.